The van der Waals surface area contributed by atoms with Crippen molar-refractivity contribution in [3.05, 3.63) is 34.6 Å². The maximum atomic E-state index is 13.6. The van der Waals surface area contributed by atoms with Crippen molar-refractivity contribution in [1.29, 1.82) is 0 Å². The van der Waals surface area contributed by atoms with Gasteiger partial charge in [0.1, 0.15) is 11.4 Å². The molecule has 0 bridgehead atoms. The van der Waals surface area contributed by atoms with Crippen molar-refractivity contribution in [2.75, 3.05) is 20.1 Å². The van der Waals surface area contributed by atoms with Gasteiger partial charge in [-0.05, 0) is 45.9 Å². The molecule has 0 saturated heterocycles. The predicted octanol–water partition coefficient (Wildman–Crippen LogP) is 3.83. The van der Waals surface area contributed by atoms with E-state index in [0.29, 0.717) is 30.2 Å². The maximum absolute atomic E-state index is 13.6. The van der Waals surface area contributed by atoms with E-state index in [2.05, 4.69) is 5.32 Å². The first-order valence-electron chi connectivity index (χ1n) is 7.28. The molecule has 0 aliphatic rings. The van der Waals surface area contributed by atoms with Gasteiger partial charge in [-0.15, -0.1) is 0 Å². The second-order valence-corrected chi connectivity index (χ2v) is 6.60. The molecule has 0 heterocycles. The Balaban J connectivity index is 2.24. The first-order valence-corrected chi connectivity index (χ1v) is 7.65. The van der Waals surface area contributed by atoms with Crippen LogP contribution in [-0.4, -0.2) is 36.7 Å². The highest BCUT2D eigenvalue weighted by Gasteiger charge is 2.18. The summed E-state index contributed by atoms with van der Waals surface area (Å²) in [5.41, 5.74) is 0.0836. The van der Waals surface area contributed by atoms with Gasteiger partial charge < -0.3 is 15.0 Å². The van der Waals surface area contributed by atoms with Crippen molar-refractivity contribution in [1.82, 2.24) is 10.2 Å². The van der Waals surface area contributed by atoms with Gasteiger partial charge in [-0.2, -0.15) is 0 Å². The van der Waals surface area contributed by atoms with Gasteiger partial charge in [0, 0.05) is 30.7 Å². The number of benzene rings is 1. The van der Waals surface area contributed by atoms with Gasteiger partial charge >= 0.3 is 6.09 Å². The molecule has 0 spiro atoms. The molecule has 0 atom stereocenters. The van der Waals surface area contributed by atoms with Gasteiger partial charge in [-0.1, -0.05) is 17.7 Å². The smallest absolute Gasteiger partial charge is 0.410 e. The van der Waals surface area contributed by atoms with E-state index in [1.54, 1.807) is 19.2 Å². The summed E-state index contributed by atoms with van der Waals surface area (Å²) in [5.74, 6) is -0.314. The molecule has 0 aromatic heterocycles. The molecule has 0 aliphatic carbocycles. The Bertz CT molecular complexity index is 503. The minimum absolute atomic E-state index is 0.314. The zero-order chi connectivity index (χ0) is 16.8. The Morgan fingerprint density at radius 2 is 2.09 bits per heavy atom. The van der Waals surface area contributed by atoms with Crippen LogP contribution in [0, 0.1) is 5.82 Å². The number of nitrogens with zero attached hydrogens (tertiary/aromatic N) is 1. The SMILES string of the molecule is CN(CCCNCc1ccc(Cl)cc1F)C(=O)OC(C)(C)C. The van der Waals surface area contributed by atoms with E-state index in [-0.39, 0.29) is 11.9 Å². The van der Waals surface area contributed by atoms with Gasteiger partial charge in [0.05, 0.1) is 0 Å². The van der Waals surface area contributed by atoms with Gasteiger partial charge in [-0.3, -0.25) is 0 Å². The molecule has 1 N–H and O–H groups in total. The summed E-state index contributed by atoms with van der Waals surface area (Å²) < 4.78 is 18.8. The fraction of sp³-hybridized carbons (Fsp3) is 0.562. The van der Waals surface area contributed by atoms with E-state index in [1.807, 2.05) is 20.8 Å². The minimum Gasteiger partial charge on any atom is -0.444 e. The van der Waals surface area contributed by atoms with Gasteiger partial charge in [0.15, 0.2) is 0 Å². The van der Waals surface area contributed by atoms with Crippen LogP contribution in [0.3, 0.4) is 0 Å². The Labute approximate surface area is 136 Å². The third-order valence-corrected chi connectivity index (χ3v) is 3.12. The minimum atomic E-state index is -0.490. The van der Waals surface area contributed by atoms with Crippen LogP contribution in [0.25, 0.3) is 0 Å². The van der Waals surface area contributed by atoms with Gasteiger partial charge in [0.2, 0.25) is 0 Å². The Morgan fingerprint density at radius 1 is 1.41 bits per heavy atom. The van der Waals surface area contributed by atoms with E-state index in [9.17, 15) is 9.18 Å². The van der Waals surface area contributed by atoms with E-state index >= 15 is 0 Å². The van der Waals surface area contributed by atoms with Crippen molar-refractivity contribution in [3.63, 3.8) is 0 Å². The largest absolute Gasteiger partial charge is 0.444 e. The number of carbonyl (C=O) groups excluding carboxylic acids is 1. The Morgan fingerprint density at radius 3 is 2.68 bits per heavy atom. The summed E-state index contributed by atoms with van der Waals surface area (Å²) in [7, 11) is 1.70. The first kappa shape index (κ1) is 18.7. The van der Waals surface area contributed by atoms with Crippen LogP contribution in [0.4, 0.5) is 9.18 Å². The number of ether oxygens (including phenoxy) is 1. The fourth-order valence-electron chi connectivity index (χ4n) is 1.76. The maximum Gasteiger partial charge on any atom is 0.410 e. The van der Waals surface area contributed by atoms with Crippen LogP contribution in [0.15, 0.2) is 18.2 Å². The second kappa shape index (κ2) is 8.34. The summed E-state index contributed by atoms with van der Waals surface area (Å²) >= 11 is 5.70. The molecule has 124 valence electrons. The molecule has 1 amide bonds. The van der Waals surface area contributed by atoms with E-state index in [1.165, 1.54) is 11.0 Å². The molecule has 0 unspecified atom stereocenters. The average molecular weight is 331 g/mol. The van der Waals surface area contributed by atoms with E-state index in [0.717, 1.165) is 6.42 Å². The fourth-order valence-corrected chi connectivity index (χ4v) is 1.92. The lowest BCUT2D eigenvalue weighted by Gasteiger charge is -2.24. The number of carbonyl (C=O) groups is 1. The molecule has 0 radical (unpaired) electrons. The lowest BCUT2D eigenvalue weighted by Crippen LogP contribution is -2.35. The lowest BCUT2D eigenvalue weighted by molar-refractivity contribution is 0.0297. The molecule has 0 fully saturated rings. The molecule has 0 aliphatic heterocycles. The number of nitrogens with one attached hydrogen (secondary N) is 1. The van der Waals surface area contributed by atoms with Crippen LogP contribution >= 0.6 is 11.6 Å². The molecule has 6 heteroatoms. The Kier molecular flexibility index (Phi) is 7.10. The third kappa shape index (κ3) is 7.09. The normalized spacial score (nSPS) is 11.4. The quantitative estimate of drug-likeness (QED) is 0.806. The predicted molar refractivity (Wildman–Crippen MR) is 86.6 cm³/mol. The summed E-state index contributed by atoms with van der Waals surface area (Å²) in [6.07, 6.45) is 0.418. The van der Waals surface area contributed by atoms with Crippen molar-refractivity contribution < 1.29 is 13.9 Å². The third-order valence-electron chi connectivity index (χ3n) is 2.88. The molecular weight excluding hydrogens is 307 g/mol. The summed E-state index contributed by atoms with van der Waals surface area (Å²) in [6, 6.07) is 4.63. The molecule has 22 heavy (non-hydrogen) atoms. The molecule has 1 rings (SSSR count). The van der Waals surface area contributed by atoms with Crippen LogP contribution in [-0.2, 0) is 11.3 Å². The van der Waals surface area contributed by atoms with Crippen LogP contribution in [0.2, 0.25) is 5.02 Å². The highest BCUT2D eigenvalue weighted by molar-refractivity contribution is 6.30. The summed E-state index contributed by atoms with van der Waals surface area (Å²) in [6.45, 7) is 7.18. The first-order chi connectivity index (χ1) is 10.2. The standard InChI is InChI=1S/C16H24ClFN2O2/c1-16(2,3)22-15(21)20(4)9-5-8-19-11-12-6-7-13(17)10-14(12)18/h6-7,10,19H,5,8-9,11H2,1-4H3. The van der Waals surface area contributed by atoms with E-state index in [4.69, 9.17) is 16.3 Å². The summed E-state index contributed by atoms with van der Waals surface area (Å²) in [4.78, 5) is 13.3. The number of halogens is 2. The monoisotopic (exact) mass is 330 g/mol. The highest BCUT2D eigenvalue weighted by Crippen LogP contribution is 2.14. The van der Waals surface area contributed by atoms with E-state index < -0.39 is 5.60 Å². The number of amides is 1. The van der Waals surface area contributed by atoms with Gasteiger partial charge in [0.25, 0.3) is 0 Å². The van der Waals surface area contributed by atoms with Crippen LogP contribution in [0.1, 0.15) is 32.8 Å². The zero-order valence-electron chi connectivity index (χ0n) is 13.6. The molecule has 4 nitrogen and oxygen atoms in total. The lowest BCUT2D eigenvalue weighted by atomic mass is 10.2. The molecular formula is C16H24ClFN2O2. The Hall–Kier alpha value is -1.33. The topological polar surface area (TPSA) is 41.6 Å². The highest BCUT2D eigenvalue weighted by atomic mass is 35.5. The van der Waals surface area contributed by atoms with Gasteiger partial charge in [-0.25, -0.2) is 9.18 Å². The molecule has 1 aromatic carbocycles. The molecule has 1 aromatic rings. The zero-order valence-corrected chi connectivity index (χ0v) is 14.3. The number of rotatable bonds is 6. The van der Waals surface area contributed by atoms with Crippen molar-refractivity contribution in [3.8, 4) is 0 Å². The number of hydrogen-bond acceptors (Lipinski definition) is 3. The average Bonchev–Trinajstić information content (AvgIpc) is 2.38. The van der Waals surface area contributed by atoms with Crippen molar-refractivity contribution >= 4 is 17.7 Å². The van der Waals surface area contributed by atoms with Crippen molar-refractivity contribution in [2.24, 2.45) is 0 Å². The van der Waals surface area contributed by atoms with Crippen LogP contribution in [0.5, 0.6) is 0 Å². The second-order valence-electron chi connectivity index (χ2n) is 6.17. The molecule has 0 saturated carbocycles. The van der Waals surface area contributed by atoms with Crippen molar-refractivity contribution in [2.45, 2.75) is 39.3 Å². The van der Waals surface area contributed by atoms with Crippen LogP contribution < -0.4 is 5.32 Å². The summed E-state index contributed by atoms with van der Waals surface area (Å²) in [5, 5.41) is 3.53. The number of hydrogen-bond donors (Lipinski definition) is 1.